The van der Waals surface area contributed by atoms with Gasteiger partial charge in [0.05, 0.1) is 6.04 Å². The number of carbonyl (C=O) groups is 2. The third-order valence-corrected chi connectivity index (χ3v) is 2.86. The molecule has 0 bridgehead atoms. The molecule has 6 heteroatoms. The molecule has 0 aliphatic heterocycles. The van der Waals surface area contributed by atoms with E-state index in [0.717, 1.165) is 4.88 Å². The highest BCUT2D eigenvalue weighted by atomic mass is 32.1. The van der Waals surface area contributed by atoms with Crippen molar-refractivity contribution < 1.29 is 19.4 Å². The summed E-state index contributed by atoms with van der Waals surface area (Å²) in [4.78, 5) is 22.5. The molecule has 0 saturated carbocycles. The second kappa shape index (κ2) is 6.24. The molecule has 5 nitrogen and oxygen atoms in total. The molecular formula is C10H13NO4S. The summed E-state index contributed by atoms with van der Waals surface area (Å²) in [6.45, 7) is 1.17. The van der Waals surface area contributed by atoms with Crippen molar-refractivity contribution in [2.24, 2.45) is 0 Å². The predicted octanol–water partition coefficient (Wildman–Crippen LogP) is 1.03. The van der Waals surface area contributed by atoms with E-state index < -0.39 is 12.6 Å². The SMILES string of the molecule is C[C@@H](NC(=O)COCC(=O)O)c1cccs1. The fourth-order valence-corrected chi connectivity index (χ4v) is 1.86. The molecule has 0 aliphatic rings. The second-order valence-corrected chi connectivity index (χ2v) is 4.17. The van der Waals surface area contributed by atoms with Crippen LogP contribution in [-0.4, -0.2) is 30.2 Å². The van der Waals surface area contributed by atoms with E-state index in [0.29, 0.717) is 0 Å². The highest BCUT2D eigenvalue weighted by Crippen LogP contribution is 2.17. The van der Waals surface area contributed by atoms with Crippen molar-refractivity contribution in [3.8, 4) is 0 Å². The Hall–Kier alpha value is -1.40. The molecule has 0 fully saturated rings. The van der Waals surface area contributed by atoms with Crippen molar-refractivity contribution >= 4 is 23.2 Å². The number of carbonyl (C=O) groups excluding carboxylic acids is 1. The van der Waals surface area contributed by atoms with E-state index in [9.17, 15) is 9.59 Å². The van der Waals surface area contributed by atoms with Gasteiger partial charge >= 0.3 is 5.97 Å². The number of hydrogen-bond acceptors (Lipinski definition) is 4. The van der Waals surface area contributed by atoms with Crippen molar-refractivity contribution in [2.75, 3.05) is 13.2 Å². The molecule has 16 heavy (non-hydrogen) atoms. The molecule has 1 amide bonds. The number of rotatable bonds is 6. The third-order valence-electron chi connectivity index (χ3n) is 1.81. The molecule has 1 atom stereocenters. The number of carboxylic acids is 1. The lowest BCUT2D eigenvalue weighted by molar-refractivity contribution is -0.143. The van der Waals surface area contributed by atoms with Crippen LogP contribution in [0.15, 0.2) is 17.5 Å². The van der Waals surface area contributed by atoms with E-state index in [2.05, 4.69) is 10.1 Å². The molecule has 1 aromatic heterocycles. The smallest absolute Gasteiger partial charge is 0.329 e. The second-order valence-electron chi connectivity index (χ2n) is 3.19. The van der Waals surface area contributed by atoms with Gasteiger partial charge in [-0.1, -0.05) is 6.07 Å². The van der Waals surface area contributed by atoms with Crippen LogP contribution >= 0.6 is 11.3 Å². The Morgan fingerprint density at radius 3 is 2.88 bits per heavy atom. The highest BCUT2D eigenvalue weighted by Gasteiger charge is 2.10. The topological polar surface area (TPSA) is 75.6 Å². The van der Waals surface area contributed by atoms with Gasteiger partial charge in [0, 0.05) is 4.88 Å². The molecular weight excluding hydrogens is 230 g/mol. The Morgan fingerprint density at radius 1 is 1.56 bits per heavy atom. The minimum atomic E-state index is -1.08. The van der Waals surface area contributed by atoms with E-state index in [-0.39, 0.29) is 18.6 Å². The standard InChI is InChI=1S/C10H13NO4S/c1-7(8-3-2-4-16-8)11-9(12)5-15-6-10(13)14/h2-4,7H,5-6H2,1H3,(H,11,12)(H,13,14)/t7-/m1/s1. The quantitative estimate of drug-likeness (QED) is 0.782. The number of amides is 1. The Balaban J connectivity index is 2.26. The van der Waals surface area contributed by atoms with Crippen LogP contribution < -0.4 is 5.32 Å². The Kier molecular flexibility index (Phi) is 4.94. The Labute approximate surface area is 97.0 Å². The molecule has 0 aromatic carbocycles. The Bertz CT molecular complexity index is 350. The lowest BCUT2D eigenvalue weighted by Gasteiger charge is -2.11. The summed E-state index contributed by atoms with van der Waals surface area (Å²) in [5.74, 6) is -1.40. The maximum absolute atomic E-state index is 11.3. The van der Waals surface area contributed by atoms with Crippen LogP contribution in [0.1, 0.15) is 17.8 Å². The van der Waals surface area contributed by atoms with Crippen LogP contribution in [0.3, 0.4) is 0 Å². The molecule has 0 spiro atoms. The highest BCUT2D eigenvalue weighted by molar-refractivity contribution is 7.10. The summed E-state index contributed by atoms with van der Waals surface area (Å²) in [5.41, 5.74) is 0. The molecule has 0 aliphatic carbocycles. The van der Waals surface area contributed by atoms with Gasteiger partial charge in [0.15, 0.2) is 0 Å². The first-order valence-electron chi connectivity index (χ1n) is 4.72. The van der Waals surface area contributed by atoms with Gasteiger partial charge in [0.2, 0.25) is 5.91 Å². The van der Waals surface area contributed by atoms with E-state index in [1.165, 1.54) is 0 Å². The summed E-state index contributed by atoms with van der Waals surface area (Å²) in [6.07, 6.45) is 0. The van der Waals surface area contributed by atoms with Crippen LogP contribution in [0.5, 0.6) is 0 Å². The fourth-order valence-electron chi connectivity index (χ4n) is 1.12. The van der Waals surface area contributed by atoms with Crippen LogP contribution in [0.4, 0.5) is 0 Å². The number of ether oxygens (including phenoxy) is 1. The summed E-state index contributed by atoms with van der Waals surface area (Å²) in [6, 6.07) is 3.75. The molecule has 0 radical (unpaired) electrons. The number of nitrogens with one attached hydrogen (secondary N) is 1. The van der Waals surface area contributed by atoms with Crippen molar-refractivity contribution in [1.82, 2.24) is 5.32 Å². The number of carboxylic acid groups (broad SMARTS) is 1. The van der Waals surface area contributed by atoms with Crippen molar-refractivity contribution in [3.63, 3.8) is 0 Å². The van der Waals surface area contributed by atoms with Crippen LogP contribution in [0.2, 0.25) is 0 Å². The van der Waals surface area contributed by atoms with E-state index >= 15 is 0 Å². The van der Waals surface area contributed by atoms with E-state index in [1.54, 1.807) is 11.3 Å². The molecule has 1 aromatic rings. The number of hydrogen-bond donors (Lipinski definition) is 2. The summed E-state index contributed by atoms with van der Waals surface area (Å²) >= 11 is 1.55. The van der Waals surface area contributed by atoms with E-state index in [1.807, 2.05) is 24.4 Å². The third kappa shape index (κ3) is 4.41. The summed E-state index contributed by atoms with van der Waals surface area (Å²) < 4.78 is 4.67. The van der Waals surface area contributed by atoms with Gasteiger partial charge in [-0.05, 0) is 18.4 Å². The zero-order valence-electron chi connectivity index (χ0n) is 8.80. The zero-order chi connectivity index (χ0) is 12.0. The van der Waals surface area contributed by atoms with Crippen molar-refractivity contribution in [1.29, 1.82) is 0 Å². The number of thiophene rings is 1. The van der Waals surface area contributed by atoms with Gasteiger partial charge in [-0.15, -0.1) is 11.3 Å². The minimum absolute atomic E-state index is 0.0825. The van der Waals surface area contributed by atoms with Gasteiger partial charge < -0.3 is 15.2 Å². The van der Waals surface area contributed by atoms with Gasteiger partial charge in [-0.25, -0.2) is 4.79 Å². The first-order chi connectivity index (χ1) is 7.59. The summed E-state index contributed by atoms with van der Waals surface area (Å²) in [7, 11) is 0. The first-order valence-corrected chi connectivity index (χ1v) is 5.60. The summed E-state index contributed by atoms with van der Waals surface area (Å²) in [5, 5.41) is 12.9. The molecule has 2 N–H and O–H groups in total. The predicted molar refractivity (Wildman–Crippen MR) is 59.3 cm³/mol. The Morgan fingerprint density at radius 2 is 2.31 bits per heavy atom. The first kappa shape index (κ1) is 12.7. The van der Waals surface area contributed by atoms with E-state index in [4.69, 9.17) is 5.11 Å². The fraction of sp³-hybridized carbons (Fsp3) is 0.400. The van der Waals surface area contributed by atoms with Crippen LogP contribution in [0.25, 0.3) is 0 Å². The largest absolute Gasteiger partial charge is 0.480 e. The molecule has 0 saturated heterocycles. The lowest BCUT2D eigenvalue weighted by Crippen LogP contribution is -2.30. The van der Waals surface area contributed by atoms with Gasteiger partial charge in [0.25, 0.3) is 0 Å². The van der Waals surface area contributed by atoms with Gasteiger partial charge in [-0.3, -0.25) is 4.79 Å². The van der Waals surface area contributed by atoms with Crippen LogP contribution in [0, 0.1) is 0 Å². The molecule has 1 rings (SSSR count). The normalized spacial score (nSPS) is 12.1. The molecule has 88 valence electrons. The average molecular weight is 243 g/mol. The molecule has 0 unspecified atom stereocenters. The maximum Gasteiger partial charge on any atom is 0.329 e. The number of aliphatic carboxylic acids is 1. The van der Waals surface area contributed by atoms with Gasteiger partial charge in [-0.2, -0.15) is 0 Å². The molecule has 1 heterocycles. The van der Waals surface area contributed by atoms with Crippen LogP contribution in [-0.2, 0) is 14.3 Å². The lowest BCUT2D eigenvalue weighted by atomic mass is 10.3. The average Bonchev–Trinajstić information content (AvgIpc) is 2.69. The maximum atomic E-state index is 11.3. The minimum Gasteiger partial charge on any atom is -0.480 e. The van der Waals surface area contributed by atoms with Gasteiger partial charge in [0.1, 0.15) is 13.2 Å². The monoisotopic (exact) mass is 243 g/mol. The van der Waals surface area contributed by atoms with Crippen molar-refractivity contribution in [2.45, 2.75) is 13.0 Å². The van der Waals surface area contributed by atoms with Crippen molar-refractivity contribution in [3.05, 3.63) is 22.4 Å². The zero-order valence-corrected chi connectivity index (χ0v) is 9.62.